The number of aliphatic imine (C=N–C) groups is 1. The van der Waals surface area contributed by atoms with Gasteiger partial charge in [-0.25, -0.2) is 14.8 Å². The van der Waals surface area contributed by atoms with Gasteiger partial charge in [0, 0.05) is 36.3 Å². The summed E-state index contributed by atoms with van der Waals surface area (Å²) in [5.41, 5.74) is 2.33. The van der Waals surface area contributed by atoms with Gasteiger partial charge in [-0.3, -0.25) is 4.99 Å². The van der Waals surface area contributed by atoms with Gasteiger partial charge >= 0.3 is 6.03 Å². The largest absolute Gasteiger partial charge is 0.495 e. The Morgan fingerprint density at radius 1 is 1.31 bits per heavy atom. The number of aromatic nitrogens is 2. The Morgan fingerprint density at radius 3 is 2.84 bits per heavy atom. The van der Waals surface area contributed by atoms with Crippen molar-refractivity contribution in [1.82, 2.24) is 20.2 Å². The fourth-order valence-electron chi connectivity index (χ4n) is 3.34. The van der Waals surface area contributed by atoms with E-state index in [0.29, 0.717) is 30.5 Å². The maximum atomic E-state index is 11.9. The highest BCUT2D eigenvalue weighted by Crippen LogP contribution is 2.30. The second-order valence-electron chi connectivity index (χ2n) is 7.40. The average Bonchev–Trinajstić information content (AvgIpc) is 2.81. The number of hydrogen-bond acceptors (Lipinski definition) is 7. The van der Waals surface area contributed by atoms with E-state index in [1.807, 2.05) is 50.7 Å². The second kappa shape index (κ2) is 11.1. The van der Waals surface area contributed by atoms with Crippen molar-refractivity contribution < 1.29 is 9.53 Å². The van der Waals surface area contributed by atoms with Gasteiger partial charge in [-0.2, -0.15) is 0 Å². The molecule has 1 aliphatic heterocycles. The molecule has 0 fully saturated rings. The zero-order valence-corrected chi connectivity index (χ0v) is 19.1. The SMILES string of the molecule is CCC[C@@H](Nc1nc(-c2ccc(NC(=O)NCC)c(OC)c2)ncc1C)N1C=CC=NC1. The number of ether oxygens (including phenoxy) is 1. The second-order valence-corrected chi connectivity index (χ2v) is 7.40. The molecule has 3 N–H and O–H groups in total. The molecule has 32 heavy (non-hydrogen) atoms. The van der Waals surface area contributed by atoms with Crippen LogP contribution < -0.4 is 20.7 Å². The van der Waals surface area contributed by atoms with E-state index in [2.05, 4.69) is 37.8 Å². The summed E-state index contributed by atoms with van der Waals surface area (Å²) in [6, 6.07) is 5.19. The summed E-state index contributed by atoms with van der Waals surface area (Å²) >= 11 is 0. The predicted molar refractivity (Wildman–Crippen MR) is 128 cm³/mol. The molecule has 9 nitrogen and oxygen atoms in total. The van der Waals surface area contributed by atoms with Crippen LogP contribution in [0.2, 0.25) is 0 Å². The zero-order chi connectivity index (χ0) is 22.9. The van der Waals surface area contributed by atoms with Gasteiger partial charge in [0.05, 0.1) is 12.8 Å². The molecular weight excluding hydrogens is 406 g/mol. The number of rotatable bonds is 9. The summed E-state index contributed by atoms with van der Waals surface area (Å²) in [4.78, 5) is 27.7. The van der Waals surface area contributed by atoms with Crippen LogP contribution in [0.1, 0.15) is 32.3 Å². The molecule has 1 atom stereocenters. The monoisotopic (exact) mass is 437 g/mol. The Balaban J connectivity index is 1.84. The van der Waals surface area contributed by atoms with Crippen molar-refractivity contribution in [2.75, 3.05) is 31.0 Å². The molecule has 1 aromatic heterocycles. The Morgan fingerprint density at radius 2 is 2.16 bits per heavy atom. The van der Waals surface area contributed by atoms with Crippen LogP contribution in [0, 0.1) is 6.92 Å². The molecule has 0 bridgehead atoms. The van der Waals surface area contributed by atoms with Crippen molar-refractivity contribution in [3.8, 4) is 17.1 Å². The lowest BCUT2D eigenvalue weighted by Gasteiger charge is -2.31. The first kappa shape index (κ1) is 23.1. The number of benzene rings is 1. The summed E-state index contributed by atoms with van der Waals surface area (Å²) in [5.74, 6) is 1.89. The lowest BCUT2D eigenvalue weighted by atomic mass is 10.1. The van der Waals surface area contributed by atoms with E-state index in [0.717, 1.165) is 29.8 Å². The van der Waals surface area contributed by atoms with Crippen molar-refractivity contribution in [2.45, 2.75) is 39.8 Å². The molecule has 0 saturated heterocycles. The molecular formula is C23H31N7O2. The number of allylic oxidation sites excluding steroid dienone is 1. The number of carbonyl (C=O) groups is 1. The highest BCUT2D eigenvalue weighted by Gasteiger charge is 2.18. The van der Waals surface area contributed by atoms with Crippen LogP contribution >= 0.6 is 0 Å². The highest BCUT2D eigenvalue weighted by molar-refractivity contribution is 5.91. The van der Waals surface area contributed by atoms with Crippen LogP contribution in [-0.2, 0) is 0 Å². The summed E-state index contributed by atoms with van der Waals surface area (Å²) in [7, 11) is 1.56. The van der Waals surface area contributed by atoms with Gasteiger partial charge in [0.25, 0.3) is 0 Å². The number of nitrogens with zero attached hydrogens (tertiary/aromatic N) is 4. The predicted octanol–water partition coefficient (Wildman–Crippen LogP) is 4.00. The molecule has 3 rings (SSSR count). The molecule has 170 valence electrons. The normalized spacial score (nSPS) is 13.6. The van der Waals surface area contributed by atoms with Crippen molar-refractivity contribution in [3.05, 3.63) is 42.2 Å². The van der Waals surface area contributed by atoms with E-state index in [1.54, 1.807) is 13.2 Å². The van der Waals surface area contributed by atoms with E-state index in [4.69, 9.17) is 9.72 Å². The van der Waals surface area contributed by atoms with Crippen LogP contribution in [-0.4, -0.2) is 53.6 Å². The number of amides is 2. The first-order valence-electron chi connectivity index (χ1n) is 10.8. The Bertz CT molecular complexity index is 990. The van der Waals surface area contributed by atoms with Crippen LogP contribution in [0.4, 0.5) is 16.3 Å². The van der Waals surface area contributed by atoms with Gasteiger partial charge in [0.2, 0.25) is 0 Å². The van der Waals surface area contributed by atoms with Gasteiger partial charge in [-0.1, -0.05) is 13.3 Å². The number of methoxy groups -OCH3 is 1. The van der Waals surface area contributed by atoms with E-state index in [1.165, 1.54) is 0 Å². The van der Waals surface area contributed by atoms with Crippen molar-refractivity contribution in [3.63, 3.8) is 0 Å². The Kier molecular flexibility index (Phi) is 8.02. The molecule has 1 aromatic carbocycles. The lowest BCUT2D eigenvalue weighted by molar-refractivity contribution is 0.252. The number of hydrogen-bond donors (Lipinski definition) is 3. The van der Waals surface area contributed by atoms with Crippen LogP contribution in [0.15, 0.2) is 41.7 Å². The first-order chi connectivity index (χ1) is 15.5. The van der Waals surface area contributed by atoms with E-state index in [9.17, 15) is 4.79 Å². The fourth-order valence-corrected chi connectivity index (χ4v) is 3.34. The van der Waals surface area contributed by atoms with E-state index < -0.39 is 0 Å². The average molecular weight is 438 g/mol. The quantitative estimate of drug-likeness (QED) is 0.548. The van der Waals surface area contributed by atoms with Crippen molar-refractivity contribution >= 4 is 23.8 Å². The molecule has 0 unspecified atom stereocenters. The molecule has 2 amide bonds. The minimum Gasteiger partial charge on any atom is -0.495 e. The number of nitrogens with one attached hydrogen (secondary N) is 3. The molecule has 0 spiro atoms. The summed E-state index contributed by atoms with van der Waals surface area (Å²) in [5, 5.41) is 9.05. The van der Waals surface area contributed by atoms with Crippen molar-refractivity contribution in [2.24, 2.45) is 4.99 Å². The van der Waals surface area contributed by atoms with Crippen LogP contribution in [0.25, 0.3) is 11.4 Å². The van der Waals surface area contributed by atoms with Crippen molar-refractivity contribution in [1.29, 1.82) is 0 Å². The third-order valence-electron chi connectivity index (χ3n) is 5.00. The summed E-state index contributed by atoms with van der Waals surface area (Å²) in [6.45, 7) is 7.16. The fraction of sp³-hybridized carbons (Fsp3) is 0.391. The van der Waals surface area contributed by atoms with Crippen LogP contribution in [0.5, 0.6) is 5.75 Å². The summed E-state index contributed by atoms with van der Waals surface area (Å²) < 4.78 is 5.47. The first-order valence-corrected chi connectivity index (χ1v) is 10.8. The smallest absolute Gasteiger partial charge is 0.319 e. The minimum atomic E-state index is -0.283. The standard InChI is InChI=1S/C23H31N7O2/c1-5-8-20(30-12-7-11-24-15-30)28-21-16(3)14-26-22(29-21)17-9-10-18(19(13-17)32-4)27-23(31)25-6-2/h7,9-14,20H,5-6,8,15H2,1-4H3,(H2,25,27,31)(H,26,28,29)/t20-/m0/s1. The van der Waals surface area contributed by atoms with Gasteiger partial charge in [-0.05, 0) is 44.5 Å². The van der Waals surface area contributed by atoms with E-state index >= 15 is 0 Å². The van der Waals surface area contributed by atoms with Gasteiger partial charge in [-0.15, -0.1) is 0 Å². The zero-order valence-electron chi connectivity index (χ0n) is 19.1. The third kappa shape index (κ3) is 5.75. The lowest BCUT2D eigenvalue weighted by Crippen LogP contribution is -2.38. The minimum absolute atomic E-state index is 0.0772. The van der Waals surface area contributed by atoms with Gasteiger partial charge < -0.3 is 25.6 Å². The number of aryl methyl sites for hydroxylation is 1. The third-order valence-corrected chi connectivity index (χ3v) is 5.00. The molecule has 9 heteroatoms. The maximum absolute atomic E-state index is 11.9. The molecule has 0 aliphatic carbocycles. The summed E-state index contributed by atoms with van der Waals surface area (Å²) in [6.07, 6.45) is 9.66. The van der Waals surface area contributed by atoms with Gasteiger partial charge in [0.1, 0.15) is 24.4 Å². The number of anilines is 2. The van der Waals surface area contributed by atoms with Gasteiger partial charge in [0.15, 0.2) is 5.82 Å². The topological polar surface area (TPSA) is 104 Å². The van der Waals surface area contributed by atoms with E-state index in [-0.39, 0.29) is 12.2 Å². The molecule has 1 aliphatic rings. The molecule has 2 heterocycles. The molecule has 0 radical (unpaired) electrons. The number of urea groups is 1. The molecule has 2 aromatic rings. The Labute approximate surface area is 189 Å². The number of carbonyl (C=O) groups excluding carboxylic acids is 1. The highest BCUT2D eigenvalue weighted by atomic mass is 16.5. The Hall–Kier alpha value is -3.62. The van der Waals surface area contributed by atoms with Crippen LogP contribution in [0.3, 0.4) is 0 Å². The molecule has 0 saturated carbocycles. The maximum Gasteiger partial charge on any atom is 0.319 e.